The van der Waals surface area contributed by atoms with Gasteiger partial charge in [-0.1, -0.05) is 37.3 Å². The van der Waals surface area contributed by atoms with E-state index in [2.05, 4.69) is 22.5 Å². The Kier molecular flexibility index (Phi) is 7.24. The molecule has 1 amide bonds. The summed E-state index contributed by atoms with van der Waals surface area (Å²) in [5.41, 5.74) is 3.29. The van der Waals surface area contributed by atoms with Crippen molar-refractivity contribution in [1.29, 1.82) is 0 Å². The molecule has 1 unspecified atom stereocenters. The summed E-state index contributed by atoms with van der Waals surface area (Å²) in [5.74, 6) is -0.779. The van der Waals surface area contributed by atoms with Crippen molar-refractivity contribution in [3.8, 4) is 0 Å². The van der Waals surface area contributed by atoms with E-state index in [4.69, 9.17) is 9.47 Å². The predicted octanol–water partition coefficient (Wildman–Crippen LogP) is 4.01. The Hall–Kier alpha value is -3.39. The molecule has 3 heterocycles. The van der Waals surface area contributed by atoms with E-state index in [0.29, 0.717) is 42.7 Å². The summed E-state index contributed by atoms with van der Waals surface area (Å²) >= 11 is 0. The van der Waals surface area contributed by atoms with Gasteiger partial charge in [0.05, 0.1) is 24.7 Å². The molecule has 0 radical (unpaired) electrons. The summed E-state index contributed by atoms with van der Waals surface area (Å²) in [4.78, 5) is 30.5. The number of aromatic nitrogens is 2. The van der Waals surface area contributed by atoms with Crippen molar-refractivity contribution >= 4 is 34.3 Å². The van der Waals surface area contributed by atoms with Gasteiger partial charge in [-0.25, -0.2) is 9.78 Å². The van der Waals surface area contributed by atoms with Crippen molar-refractivity contribution < 1.29 is 19.1 Å². The first-order valence-corrected chi connectivity index (χ1v) is 11.4. The molecule has 1 aliphatic heterocycles. The highest BCUT2D eigenvalue weighted by molar-refractivity contribution is 6.12. The lowest BCUT2D eigenvalue weighted by molar-refractivity contribution is -0.124. The predicted molar refractivity (Wildman–Crippen MR) is 128 cm³/mol. The number of ether oxygens (including phenoxy) is 2. The zero-order chi connectivity index (χ0) is 23.2. The lowest BCUT2D eigenvalue weighted by Crippen LogP contribution is -2.28. The van der Waals surface area contributed by atoms with Crippen LogP contribution in [0.25, 0.3) is 11.0 Å². The second-order valence-electron chi connectivity index (χ2n) is 8.12. The van der Waals surface area contributed by atoms with E-state index in [1.807, 2.05) is 41.0 Å². The minimum Gasteiger partial charge on any atom is -0.464 e. The van der Waals surface area contributed by atoms with Crippen LogP contribution in [0.4, 0.5) is 11.4 Å². The van der Waals surface area contributed by atoms with Crippen LogP contribution in [-0.2, 0) is 27.2 Å². The SMILES string of the molecule is CCCNc1cnc2c(c1)c(NC(=O)C1CCCO1)c(C(=O)OC)n2CCc1ccccc1. The molecule has 2 aromatic heterocycles. The number of benzene rings is 1. The highest BCUT2D eigenvalue weighted by Gasteiger charge is 2.30. The molecule has 1 fully saturated rings. The van der Waals surface area contributed by atoms with Gasteiger partial charge in [0.25, 0.3) is 5.91 Å². The quantitative estimate of drug-likeness (QED) is 0.479. The lowest BCUT2D eigenvalue weighted by atomic mass is 10.1. The molecule has 2 N–H and O–H groups in total. The van der Waals surface area contributed by atoms with Crippen molar-refractivity contribution in [2.75, 3.05) is 30.9 Å². The molecule has 1 aliphatic rings. The maximum Gasteiger partial charge on any atom is 0.356 e. The zero-order valence-electron chi connectivity index (χ0n) is 19.1. The minimum atomic E-state index is -0.522. The summed E-state index contributed by atoms with van der Waals surface area (Å²) in [7, 11) is 1.34. The monoisotopic (exact) mass is 450 g/mol. The second kappa shape index (κ2) is 10.5. The molecule has 1 saturated heterocycles. The fraction of sp³-hybridized carbons (Fsp3) is 0.400. The average molecular weight is 451 g/mol. The summed E-state index contributed by atoms with van der Waals surface area (Å²) in [6.07, 6.45) is 4.40. The van der Waals surface area contributed by atoms with Gasteiger partial charge >= 0.3 is 5.97 Å². The number of methoxy groups -OCH3 is 1. The Morgan fingerprint density at radius 2 is 2.09 bits per heavy atom. The number of nitrogens with one attached hydrogen (secondary N) is 2. The van der Waals surface area contributed by atoms with Crippen LogP contribution in [0.15, 0.2) is 42.6 Å². The number of esters is 1. The highest BCUT2D eigenvalue weighted by atomic mass is 16.5. The number of anilines is 2. The van der Waals surface area contributed by atoms with E-state index in [0.717, 1.165) is 30.6 Å². The van der Waals surface area contributed by atoms with Gasteiger partial charge in [0, 0.05) is 25.1 Å². The Morgan fingerprint density at radius 3 is 2.79 bits per heavy atom. The number of carbonyl (C=O) groups excluding carboxylic acids is 2. The molecule has 0 aliphatic carbocycles. The molecule has 4 rings (SSSR count). The third kappa shape index (κ3) is 5.01. The largest absolute Gasteiger partial charge is 0.464 e. The van der Waals surface area contributed by atoms with Crippen molar-refractivity contribution in [2.24, 2.45) is 0 Å². The molecule has 3 aromatic rings. The number of amides is 1. The molecule has 174 valence electrons. The molecule has 1 atom stereocenters. The number of hydrogen-bond acceptors (Lipinski definition) is 6. The third-order valence-corrected chi connectivity index (χ3v) is 5.79. The average Bonchev–Trinajstić information content (AvgIpc) is 3.49. The van der Waals surface area contributed by atoms with Crippen LogP contribution >= 0.6 is 0 Å². The Balaban J connectivity index is 1.79. The summed E-state index contributed by atoms with van der Waals surface area (Å²) in [6, 6.07) is 12.0. The molecular weight excluding hydrogens is 420 g/mol. The highest BCUT2D eigenvalue weighted by Crippen LogP contribution is 2.33. The topological polar surface area (TPSA) is 94.5 Å². The molecule has 0 bridgehead atoms. The normalized spacial score (nSPS) is 15.5. The lowest BCUT2D eigenvalue weighted by Gasteiger charge is -2.13. The Morgan fingerprint density at radius 1 is 1.27 bits per heavy atom. The van der Waals surface area contributed by atoms with Crippen molar-refractivity contribution in [1.82, 2.24) is 9.55 Å². The van der Waals surface area contributed by atoms with Gasteiger partial charge in [-0.15, -0.1) is 0 Å². The number of aryl methyl sites for hydroxylation is 2. The van der Waals surface area contributed by atoms with E-state index in [9.17, 15) is 9.59 Å². The third-order valence-electron chi connectivity index (χ3n) is 5.79. The summed E-state index contributed by atoms with van der Waals surface area (Å²) in [5, 5.41) is 6.98. The summed E-state index contributed by atoms with van der Waals surface area (Å²) in [6.45, 7) is 3.95. The standard InChI is InChI=1S/C25H30N4O4/c1-3-12-26-18-15-19-21(28-24(30)20-10-7-14-33-20)22(25(31)32-2)29(23(19)27-16-18)13-11-17-8-5-4-6-9-17/h4-6,8-9,15-16,20,26H,3,7,10-14H2,1-2H3,(H,28,30). The first-order chi connectivity index (χ1) is 16.1. The van der Waals surface area contributed by atoms with Gasteiger partial charge in [0.1, 0.15) is 11.8 Å². The maximum absolute atomic E-state index is 12.9. The maximum atomic E-state index is 12.9. The number of pyridine rings is 1. The van der Waals surface area contributed by atoms with Crippen LogP contribution in [0, 0.1) is 0 Å². The van der Waals surface area contributed by atoms with Crippen molar-refractivity contribution in [3.63, 3.8) is 0 Å². The van der Waals surface area contributed by atoms with Gasteiger partial charge in [-0.3, -0.25) is 4.79 Å². The van der Waals surface area contributed by atoms with Gasteiger partial charge in [-0.2, -0.15) is 0 Å². The van der Waals surface area contributed by atoms with Crippen LogP contribution in [0.3, 0.4) is 0 Å². The van der Waals surface area contributed by atoms with Gasteiger partial charge < -0.3 is 24.7 Å². The van der Waals surface area contributed by atoms with E-state index in [1.54, 1.807) is 6.20 Å². The first-order valence-electron chi connectivity index (χ1n) is 11.4. The molecule has 0 saturated carbocycles. The van der Waals surface area contributed by atoms with E-state index < -0.39 is 12.1 Å². The Bertz CT molecular complexity index is 1120. The van der Waals surface area contributed by atoms with Crippen LogP contribution in [-0.4, -0.2) is 47.8 Å². The fourth-order valence-corrected chi connectivity index (χ4v) is 4.12. The second-order valence-corrected chi connectivity index (χ2v) is 8.12. The number of fused-ring (bicyclic) bond motifs is 1. The molecule has 8 nitrogen and oxygen atoms in total. The van der Waals surface area contributed by atoms with Gasteiger partial charge in [-0.05, 0) is 37.3 Å². The minimum absolute atomic E-state index is 0.258. The fourth-order valence-electron chi connectivity index (χ4n) is 4.12. The van der Waals surface area contributed by atoms with Crippen molar-refractivity contribution in [2.45, 2.75) is 45.3 Å². The van der Waals surface area contributed by atoms with Crippen LogP contribution in [0.1, 0.15) is 42.2 Å². The van der Waals surface area contributed by atoms with Gasteiger partial charge in [0.2, 0.25) is 0 Å². The Labute approximate surface area is 193 Å². The number of rotatable bonds is 9. The first kappa shape index (κ1) is 22.8. The van der Waals surface area contributed by atoms with E-state index in [1.165, 1.54) is 7.11 Å². The molecule has 1 aromatic carbocycles. The smallest absolute Gasteiger partial charge is 0.356 e. The summed E-state index contributed by atoms with van der Waals surface area (Å²) < 4.78 is 12.5. The molecule has 8 heteroatoms. The van der Waals surface area contributed by atoms with Crippen LogP contribution < -0.4 is 10.6 Å². The molecule has 33 heavy (non-hydrogen) atoms. The molecule has 0 spiro atoms. The number of hydrogen-bond donors (Lipinski definition) is 2. The van der Waals surface area contributed by atoms with Crippen molar-refractivity contribution in [3.05, 3.63) is 53.9 Å². The zero-order valence-corrected chi connectivity index (χ0v) is 19.1. The van der Waals surface area contributed by atoms with E-state index >= 15 is 0 Å². The van der Waals surface area contributed by atoms with Gasteiger partial charge in [0.15, 0.2) is 5.69 Å². The van der Waals surface area contributed by atoms with Crippen LogP contribution in [0.2, 0.25) is 0 Å². The molecular formula is C25H30N4O4. The van der Waals surface area contributed by atoms with Crippen LogP contribution in [0.5, 0.6) is 0 Å². The van der Waals surface area contributed by atoms with E-state index in [-0.39, 0.29) is 11.6 Å². The number of carbonyl (C=O) groups is 2. The number of nitrogens with zero attached hydrogens (tertiary/aromatic N) is 2.